The van der Waals surface area contributed by atoms with Gasteiger partial charge in [-0.25, -0.2) is 8.42 Å². The van der Waals surface area contributed by atoms with Gasteiger partial charge in [0.1, 0.15) is 5.75 Å². The number of carbonyl (C=O) groups excluding carboxylic acids is 1. The molecule has 0 spiro atoms. The second kappa shape index (κ2) is 7.91. The highest BCUT2D eigenvalue weighted by molar-refractivity contribution is 7.90. The third kappa shape index (κ3) is 5.08. The van der Waals surface area contributed by atoms with E-state index in [1.807, 2.05) is 39.0 Å². The molecule has 2 aromatic carbocycles. The van der Waals surface area contributed by atoms with E-state index in [2.05, 4.69) is 5.32 Å². The number of benzene rings is 2. The number of hydrogen-bond acceptors (Lipinski definition) is 4. The lowest BCUT2D eigenvalue weighted by molar-refractivity contribution is -0.127. The van der Waals surface area contributed by atoms with Crippen LogP contribution in [-0.2, 0) is 14.6 Å². The van der Waals surface area contributed by atoms with Crippen molar-refractivity contribution in [2.75, 3.05) is 6.26 Å². The normalized spacial score (nSPS) is 13.7. The van der Waals surface area contributed by atoms with Crippen molar-refractivity contribution >= 4 is 15.7 Å². The highest BCUT2D eigenvalue weighted by atomic mass is 32.2. The van der Waals surface area contributed by atoms with Crippen molar-refractivity contribution in [1.29, 1.82) is 0 Å². The maximum atomic E-state index is 12.4. The Morgan fingerprint density at radius 1 is 1.04 bits per heavy atom. The first-order valence-electron chi connectivity index (χ1n) is 8.42. The minimum atomic E-state index is -3.23. The van der Waals surface area contributed by atoms with Crippen molar-refractivity contribution in [1.82, 2.24) is 5.32 Å². The quantitative estimate of drug-likeness (QED) is 0.840. The van der Waals surface area contributed by atoms with Gasteiger partial charge in [-0.05, 0) is 62.6 Å². The lowest BCUT2D eigenvalue weighted by atomic mass is 10.1. The first-order valence-corrected chi connectivity index (χ1v) is 10.3. The average molecular weight is 375 g/mol. The van der Waals surface area contributed by atoms with Crippen LogP contribution in [0.25, 0.3) is 0 Å². The maximum absolute atomic E-state index is 12.4. The summed E-state index contributed by atoms with van der Waals surface area (Å²) < 4.78 is 28.8. The Hall–Kier alpha value is -2.34. The highest BCUT2D eigenvalue weighted by Crippen LogP contribution is 2.21. The molecule has 0 saturated carbocycles. The molecular weight excluding hydrogens is 350 g/mol. The van der Waals surface area contributed by atoms with E-state index < -0.39 is 15.9 Å². The van der Waals surface area contributed by atoms with Crippen LogP contribution in [0.3, 0.4) is 0 Å². The number of rotatable bonds is 6. The molecular formula is C20H25NO4S. The molecule has 2 rings (SSSR count). The summed E-state index contributed by atoms with van der Waals surface area (Å²) >= 11 is 0. The van der Waals surface area contributed by atoms with Crippen LogP contribution in [-0.4, -0.2) is 26.7 Å². The van der Waals surface area contributed by atoms with Crippen LogP contribution < -0.4 is 10.1 Å². The maximum Gasteiger partial charge on any atom is 0.261 e. The number of hydrogen-bond donors (Lipinski definition) is 1. The zero-order valence-corrected chi connectivity index (χ0v) is 16.6. The number of aryl methyl sites for hydroxylation is 2. The van der Waals surface area contributed by atoms with Crippen molar-refractivity contribution in [3.05, 3.63) is 59.2 Å². The van der Waals surface area contributed by atoms with Gasteiger partial charge in [0.2, 0.25) is 0 Å². The van der Waals surface area contributed by atoms with Crippen LogP contribution in [0.5, 0.6) is 5.75 Å². The molecule has 0 aliphatic carbocycles. The molecule has 1 amide bonds. The SMILES string of the molecule is Cc1ccc(C)c(O[C@H](C)C(=O)N[C@@H](C)c2ccc(S(C)(=O)=O)cc2)c1. The van der Waals surface area contributed by atoms with E-state index in [0.29, 0.717) is 5.75 Å². The fraction of sp³-hybridized carbons (Fsp3) is 0.350. The fourth-order valence-electron chi connectivity index (χ4n) is 2.50. The first kappa shape index (κ1) is 20.0. The third-order valence-electron chi connectivity index (χ3n) is 4.18. The van der Waals surface area contributed by atoms with Crippen LogP contribution in [0.4, 0.5) is 0 Å². The van der Waals surface area contributed by atoms with Gasteiger partial charge in [0.15, 0.2) is 15.9 Å². The van der Waals surface area contributed by atoms with Crippen LogP contribution in [0.1, 0.15) is 36.6 Å². The first-order chi connectivity index (χ1) is 12.1. The van der Waals surface area contributed by atoms with Crippen molar-refractivity contribution < 1.29 is 17.9 Å². The van der Waals surface area contributed by atoms with E-state index in [1.54, 1.807) is 31.2 Å². The van der Waals surface area contributed by atoms with Gasteiger partial charge in [-0.3, -0.25) is 4.79 Å². The van der Waals surface area contributed by atoms with E-state index in [-0.39, 0.29) is 16.8 Å². The molecule has 0 saturated heterocycles. The van der Waals surface area contributed by atoms with Crippen molar-refractivity contribution in [2.24, 2.45) is 0 Å². The smallest absolute Gasteiger partial charge is 0.261 e. The van der Waals surface area contributed by atoms with Crippen molar-refractivity contribution in [3.8, 4) is 5.75 Å². The van der Waals surface area contributed by atoms with Gasteiger partial charge in [-0.1, -0.05) is 24.3 Å². The van der Waals surface area contributed by atoms with Gasteiger partial charge < -0.3 is 10.1 Å². The molecule has 5 nitrogen and oxygen atoms in total. The van der Waals surface area contributed by atoms with Crippen LogP contribution in [0.2, 0.25) is 0 Å². The second-order valence-electron chi connectivity index (χ2n) is 6.60. The van der Waals surface area contributed by atoms with Gasteiger partial charge in [-0.15, -0.1) is 0 Å². The lowest BCUT2D eigenvalue weighted by Gasteiger charge is -2.20. The molecule has 2 atom stereocenters. The predicted molar refractivity (Wildman–Crippen MR) is 102 cm³/mol. The Labute approximate surface area is 155 Å². The zero-order chi connectivity index (χ0) is 19.5. The van der Waals surface area contributed by atoms with Gasteiger partial charge in [0, 0.05) is 6.26 Å². The molecule has 6 heteroatoms. The summed E-state index contributed by atoms with van der Waals surface area (Å²) in [7, 11) is -3.23. The summed E-state index contributed by atoms with van der Waals surface area (Å²) in [4.78, 5) is 12.7. The summed E-state index contributed by atoms with van der Waals surface area (Å²) in [5.41, 5.74) is 2.86. The third-order valence-corrected chi connectivity index (χ3v) is 5.31. The van der Waals surface area contributed by atoms with E-state index in [0.717, 1.165) is 16.7 Å². The molecule has 0 fully saturated rings. The number of nitrogens with one attached hydrogen (secondary N) is 1. The van der Waals surface area contributed by atoms with Crippen molar-refractivity contribution in [2.45, 2.75) is 44.7 Å². The molecule has 0 aliphatic heterocycles. The lowest BCUT2D eigenvalue weighted by Crippen LogP contribution is -2.37. The fourth-order valence-corrected chi connectivity index (χ4v) is 3.13. The van der Waals surface area contributed by atoms with Gasteiger partial charge in [0.25, 0.3) is 5.91 Å². The molecule has 26 heavy (non-hydrogen) atoms. The molecule has 1 N–H and O–H groups in total. The molecule has 0 heterocycles. The minimum Gasteiger partial charge on any atom is -0.481 e. The Bertz CT molecular complexity index is 889. The topological polar surface area (TPSA) is 72.5 Å². The predicted octanol–water partition coefficient (Wildman–Crippen LogP) is 3.35. The molecule has 2 aromatic rings. The van der Waals surface area contributed by atoms with Gasteiger partial charge >= 0.3 is 0 Å². The van der Waals surface area contributed by atoms with E-state index in [1.165, 1.54) is 6.26 Å². The summed E-state index contributed by atoms with van der Waals surface area (Å²) in [5, 5.41) is 2.90. The monoisotopic (exact) mass is 375 g/mol. The molecule has 0 radical (unpaired) electrons. The van der Waals surface area contributed by atoms with E-state index >= 15 is 0 Å². The zero-order valence-electron chi connectivity index (χ0n) is 15.7. The molecule has 140 valence electrons. The van der Waals surface area contributed by atoms with E-state index in [9.17, 15) is 13.2 Å². The summed E-state index contributed by atoms with van der Waals surface area (Å²) in [6, 6.07) is 12.1. The van der Waals surface area contributed by atoms with Gasteiger partial charge in [0.05, 0.1) is 10.9 Å². The number of amides is 1. The number of sulfone groups is 1. The van der Waals surface area contributed by atoms with Gasteiger partial charge in [-0.2, -0.15) is 0 Å². The minimum absolute atomic E-state index is 0.231. The standard InChI is InChI=1S/C20H25NO4S/c1-13-6-7-14(2)19(12-13)25-16(4)20(22)21-15(3)17-8-10-18(11-9-17)26(5,23)24/h6-12,15-16H,1-5H3,(H,21,22)/t15-,16+/m0/s1. The molecule has 0 unspecified atom stereocenters. The molecule has 0 aromatic heterocycles. The summed E-state index contributed by atoms with van der Waals surface area (Å²) in [5.74, 6) is 0.461. The molecule has 0 bridgehead atoms. The summed E-state index contributed by atoms with van der Waals surface area (Å²) in [6.45, 7) is 7.46. The summed E-state index contributed by atoms with van der Waals surface area (Å²) in [6.07, 6.45) is 0.521. The Kier molecular flexibility index (Phi) is 6.08. The molecule has 0 aliphatic rings. The number of carbonyl (C=O) groups is 1. The largest absolute Gasteiger partial charge is 0.481 e. The Morgan fingerprint density at radius 2 is 1.65 bits per heavy atom. The van der Waals surface area contributed by atoms with Crippen LogP contribution >= 0.6 is 0 Å². The Balaban J connectivity index is 2.02. The van der Waals surface area contributed by atoms with Crippen molar-refractivity contribution in [3.63, 3.8) is 0 Å². The highest BCUT2D eigenvalue weighted by Gasteiger charge is 2.19. The van der Waals surface area contributed by atoms with Crippen LogP contribution in [0.15, 0.2) is 47.4 Å². The van der Waals surface area contributed by atoms with Crippen LogP contribution in [0, 0.1) is 13.8 Å². The second-order valence-corrected chi connectivity index (χ2v) is 8.62. The van der Waals surface area contributed by atoms with E-state index in [4.69, 9.17) is 4.74 Å². The number of ether oxygens (including phenoxy) is 1. The Morgan fingerprint density at radius 3 is 2.23 bits per heavy atom. The average Bonchev–Trinajstić information content (AvgIpc) is 2.57.